The number of nitrogen functional groups attached to an aromatic ring is 1. The summed E-state index contributed by atoms with van der Waals surface area (Å²) in [5.41, 5.74) is 8.97. The molecule has 1 aliphatic rings. The Bertz CT molecular complexity index is 868. The van der Waals surface area contributed by atoms with Crippen LogP contribution in [0.15, 0.2) is 18.2 Å². The third kappa shape index (κ3) is 4.06. The molecule has 142 valence electrons. The standard InChI is InChI=1S/C19H23N5O3/c1-11-4-5-14(10-15(11)18(26)24-6-8-27-9-7-24)23-17(25)16-12(2)21-19(20)22-13(16)3/h4-5,10H,6-9H2,1-3H3,(H,23,25)(H2,20,21,22). The highest BCUT2D eigenvalue weighted by atomic mass is 16.5. The van der Waals surface area contributed by atoms with E-state index in [2.05, 4.69) is 15.3 Å². The maximum atomic E-state index is 12.8. The zero-order chi connectivity index (χ0) is 19.6. The summed E-state index contributed by atoms with van der Waals surface area (Å²) in [6.45, 7) is 7.51. The molecule has 2 aromatic rings. The van der Waals surface area contributed by atoms with Gasteiger partial charge < -0.3 is 20.7 Å². The third-order valence-electron chi connectivity index (χ3n) is 4.54. The van der Waals surface area contributed by atoms with Crippen LogP contribution in [0.25, 0.3) is 0 Å². The Morgan fingerprint density at radius 2 is 1.74 bits per heavy atom. The van der Waals surface area contributed by atoms with Gasteiger partial charge in [0.1, 0.15) is 0 Å². The van der Waals surface area contributed by atoms with Crippen LogP contribution in [0.3, 0.4) is 0 Å². The first kappa shape index (κ1) is 18.8. The van der Waals surface area contributed by atoms with Gasteiger partial charge in [0, 0.05) is 24.3 Å². The highest BCUT2D eigenvalue weighted by molar-refractivity contribution is 6.06. The molecule has 1 fully saturated rings. The number of hydrogen-bond acceptors (Lipinski definition) is 6. The molecule has 0 aliphatic carbocycles. The molecule has 0 spiro atoms. The Morgan fingerprint density at radius 1 is 1.11 bits per heavy atom. The quantitative estimate of drug-likeness (QED) is 0.852. The number of carbonyl (C=O) groups excluding carboxylic acids is 2. The Kier molecular flexibility index (Phi) is 5.36. The van der Waals surface area contributed by atoms with Crippen molar-refractivity contribution >= 4 is 23.5 Å². The number of aryl methyl sites for hydroxylation is 3. The fraction of sp³-hybridized carbons (Fsp3) is 0.368. The third-order valence-corrected chi connectivity index (χ3v) is 4.54. The molecule has 1 aliphatic heterocycles. The minimum atomic E-state index is -0.335. The van der Waals surface area contributed by atoms with Crippen molar-refractivity contribution in [3.05, 3.63) is 46.3 Å². The number of nitrogens with two attached hydrogens (primary N) is 1. The zero-order valence-corrected chi connectivity index (χ0v) is 15.7. The second-order valence-corrected chi connectivity index (χ2v) is 6.52. The molecule has 3 N–H and O–H groups in total. The number of morpholine rings is 1. The Hall–Kier alpha value is -3.00. The number of nitrogens with one attached hydrogen (secondary N) is 1. The monoisotopic (exact) mass is 369 g/mol. The highest BCUT2D eigenvalue weighted by Crippen LogP contribution is 2.20. The van der Waals surface area contributed by atoms with E-state index in [0.29, 0.717) is 54.5 Å². The van der Waals surface area contributed by atoms with Gasteiger partial charge in [0.05, 0.1) is 30.2 Å². The molecule has 0 saturated carbocycles. The van der Waals surface area contributed by atoms with Crippen molar-refractivity contribution in [2.75, 3.05) is 37.4 Å². The van der Waals surface area contributed by atoms with Gasteiger partial charge in [-0.1, -0.05) is 6.07 Å². The maximum absolute atomic E-state index is 12.8. The van der Waals surface area contributed by atoms with E-state index >= 15 is 0 Å². The minimum Gasteiger partial charge on any atom is -0.378 e. The fourth-order valence-electron chi connectivity index (χ4n) is 3.13. The van der Waals surface area contributed by atoms with E-state index in [1.54, 1.807) is 30.9 Å². The summed E-state index contributed by atoms with van der Waals surface area (Å²) in [6, 6.07) is 5.29. The average Bonchev–Trinajstić information content (AvgIpc) is 2.62. The summed E-state index contributed by atoms with van der Waals surface area (Å²) in [6.07, 6.45) is 0. The largest absolute Gasteiger partial charge is 0.378 e. The van der Waals surface area contributed by atoms with Crippen LogP contribution in [0.5, 0.6) is 0 Å². The number of benzene rings is 1. The molecule has 0 atom stereocenters. The van der Waals surface area contributed by atoms with E-state index in [4.69, 9.17) is 10.5 Å². The topological polar surface area (TPSA) is 110 Å². The molecule has 0 radical (unpaired) electrons. The van der Waals surface area contributed by atoms with Crippen molar-refractivity contribution in [2.24, 2.45) is 0 Å². The van der Waals surface area contributed by atoms with Crippen molar-refractivity contribution < 1.29 is 14.3 Å². The lowest BCUT2D eigenvalue weighted by Crippen LogP contribution is -2.41. The molecule has 3 rings (SSSR count). The van der Waals surface area contributed by atoms with Crippen LogP contribution in [0, 0.1) is 20.8 Å². The van der Waals surface area contributed by atoms with Gasteiger partial charge in [-0.2, -0.15) is 0 Å². The van der Waals surface area contributed by atoms with E-state index in [1.807, 2.05) is 13.0 Å². The van der Waals surface area contributed by atoms with Crippen molar-refractivity contribution in [3.63, 3.8) is 0 Å². The van der Waals surface area contributed by atoms with Crippen LogP contribution < -0.4 is 11.1 Å². The molecular formula is C19H23N5O3. The minimum absolute atomic E-state index is 0.0601. The Labute approximate surface area is 157 Å². The predicted octanol–water partition coefficient (Wildman–Crippen LogP) is 1.71. The second-order valence-electron chi connectivity index (χ2n) is 6.52. The van der Waals surface area contributed by atoms with Gasteiger partial charge in [0.2, 0.25) is 5.95 Å². The summed E-state index contributed by atoms with van der Waals surface area (Å²) in [5.74, 6) is -0.260. The van der Waals surface area contributed by atoms with Crippen molar-refractivity contribution in [3.8, 4) is 0 Å². The normalized spacial score (nSPS) is 14.1. The van der Waals surface area contributed by atoms with E-state index in [-0.39, 0.29) is 17.8 Å². The van der Waals surface area contributed by atoms with Crippen LogP contribution in [-0.2, 0) is 4.74 Å². The summed E-state index contributed by atoms with van der Waals surface area (Å²) in [7, 11) is 0. The summed E-state index contributed by atoms with van der Waals surface area (Å²) in [4.78, 5) is 35.4. The fourth-order valence-corrected chi connectivity index (χ4v) is 3.13. The lowest BCUT2D eigenvalue weighted by atomic mass is 10.1. The molecule has 2 amide bonds. The van der Waals surface area contributed by atoms with Gasteiger partial charge in [0.25, 0.3) is 11.8 Å². The van der Waals surface area contributed by atoms with Crippen LogP contribution in [0.2, 0.25) is 0 Å². The number of hydrogen-bond donors (Lipinski definition) is 2. The van der Waals surface area contributed by atoms with Crippen molar-refractivity contribution in [1.82, 2.24) is 14.9 Å². The van der Waals surface area contributed by atoms with Gasteiger partial charge in [-0.25, -0.2) is 9.97 Å². The molecule has 0 unspecified atom stereocenters. The molecular weight excluding hydrogens is 346 g/mol. The van der Waals surface area contributed by atoms with Crippen molar-refractivity contribution in [1.29, 1.82) is 0 Å². The number of aromatic nitrogens is 2. The Balaban J connectivity index is 1.84. The number of rotatable bonds is 3. The lowest BCUT2D eigenvalue weighted by molar-refractivity contribution is 0.0302. The first-order chi connectivity index (χ1) is 12.9. The zero-order valence-electron chi connectivity index (χ0n) is 15.7. The smallest absolute Gasteiger partial charge is 0.259 e. The van der Waals surface area contributed by atoms with Gasteiger partial charge in [-0.3, -0.25) is 9.59 Å². The van der Waals surface area contributed by atoms with E-state index in [0.717, 1.165) is 5.56 Å². The molecule has 8 heteroatoms. The number of anilines is 2. The molecule has 1 aromatic heterocycles. The molecule has 27 heavy (non-hydrogen) atoms. The van der Waals surface area contributed by atoms with Crippen molar-refractivity contribution in [2.45, 2.75) is 20.8 Å². The van der Waals surface area contributed by atoms with Crippen LogP contribution in [0.1, 0.15) is 37.7 Å². The van der Waals surface area contributed by atoms with Gasteiger partial charge in [-0.05, 0) is 38.5 Å². The van der Waals surface area contributed by atoms with Gasteiger partial charge in [-0.15, -0.1) is 0 Å². The molecule has 8 nitrogen and oxygen atoms in total. The van der Waals surface area contributed by atoms with Crippen LogP contribution in [0.4, 0.5) is 11.6 Å². The van der Waals surface area contributed by atoms with E-state index in [1.165, 1.54) is 0 Å². The molecule has 2 heterocycles. The average molecular weight is 369 g/mol. The van der Waals surface area contributed by atoms with Crippen LogP contribution in [-0.4, -0.2) is 53.0 Å². The SMILES string of the molecule is Cc1ccc(NC(=O)c2c(C)nc(N)nc2C)cc1C(=O)N1CCOCC1. The first-order valence-corrected chi connectivity index (χ1v) is 8.76. The molecule has 1 aromatic carbocycles. The van der Waals surface area contributed by atoms with Gasteiger partial charge in [0.15, 0.2) is 0 Å². The lowest BCUT2D eigenvalue weighted by Gasteiger charge is -2.27. The first-order valence-electron chi connectivity index (χ1n) is 8.76. The second kappa shape index (κ2) is 7.71. The summed E-state index contributed by atoms with van der Waals surface area (Å²) >= 11 is 0. The van der Waals surface area contributed by atoms with Crippen LogP contribution >= 0.6 is 0 Å². The summed E-state index contributed by atoms with van der Waals surface area (Å²) < 4.78 is 5.30. The van der Waals surface area contributed by atoms with E-state index in [9.17, 15) is 9.59 Å². The number of amides is 2. The number of carbonyl (C=O) groups is 2. The molecule has 0 bridgehead atoms. The highest BCUT2D eigenvalue weighted by Gasteiger charge is 2.21. The maximum Gasteiger partial charge on any atom is 0.259 e. The number of ether oxygens (including phenoxy) is 1. The van der Waals surface area contributed by atoms with E-state index < -0.39 is 0 Å². The Morgan fingerprint density at radius 3 is 2.37 bits per heavy atom. The van der Waals surface area contributed by atoms with Gasteiger partial charge >= 0.3 is 0 Å². The molecule has 1 saturated heterocycles. The predicted molar refractivity (Wildman–Crippen MR) is 102 cm³/mol. The summed E-state index contributed by atoms with van der Waals surface area (Å²) in [5, 5.41) is 2.83. The number of nitrogens with zero attached hydrogens (tertiary/aromatic N) is 3.